The number of nitrogen functional groups attached to an aromatic ring is 1. The van der Waals surface area contributed by atoms with Crippen LogP contribution >= 0.6 is 0 Å². The number of rotatable bonds is 7. The second-order valence-electron chi connectivity index (χ2n) is 4.40. The van der Waals surface area contributed by atoms with Gasteiger partial charge in [0.05, 0.1) is 12.7 Å². The Balaban J connectivity index is 2.28. The van der Waals surface area contributed by atoms with Gasteiger partial charge in [-0.25, -0.2) is 18.1 Å². The standard InChI is InChI=1S/C12H18N4O4S/c1-19-8-9(20-2)7-14-21(17,18)12-11(13)15-10-5-3-4-6-16(10)12/h3-6,9,14H,7-8,13H2,1-2H3. The number of sulfonamides is 1. The molecule has 0 bridgehead atoms. The normalized spacial score (nSPS) is 13.6. The molecule has 8 nitrogen and oxygen atoms in total. The van der Waals surface area contributed by atoms with Crippen LogP contribution in [0.5, 0.6) is 0 Å². The minimum Gasteiger partial charge on any atom is -0.382 e. The van der Waals surface area contributed by atoms with Crippen LogP contribution in [-0.4, -0.2) is 51.3 Å². The van der Waals surface area contributed by atoms with Crippen molar-refractivity contribution in [1.29, 1.82) is 0 Å². The number of fused-ring (bicyclic) bond motifs is 1. The number of nitrogens with zero attached hydrogens (tertiary/aromatic N) is 2. The molecule has 1 atom stereocenters. The summed E-state index contributed by atoms with van der Waals surface area (Å²) in [5.41, 5.74) is 6.20. The molecule has 0 radical (unpaired) electrons. The SMILES string of the molecule is COCC(CNS(=O)(=O)c1c(N)nc2ccccn12)OC. The van der Waals surface area contributed by atoms with Gasteiger partial charge in [-0.1, -0.05) is 6.07 Å². The monoisotopic (exact) mass is 314 g/mol. The largest absolute Gasteiger partial charge is 0.382 e. The zero-order valence-electron chi connectivity index (χ0n) is 11.8. The predicted octanol–water partition coefficient (Wildman–Crippen LogP) is -0.144. The van der Waals surface area contributed by atoms with Gasteiger partial charge in [0.1, 0.15) is 5.65 Å². The average molecular weight is 314 g/mol. The van der Waals surface area contributed by atoms with E-state index in [1.54, 1.807) is 24.4 Å². The van der Waals surface area contributed by atoms with E-state index in [0.29, 0.717) is 5.65 Å². The Bertz CT molecular complexity index is 713. The van der Waals surface area contributed by atoms with Crippen LogP contribution in [0.25, 0.3) is 5.65 Å². The van der Waals surface area contributed by atoms with Crippen LogP contribution in [0, 0.1) is 0 Å². The molecule has 2 aromatic rings. The first kappa shape index (κ1) is 15.7. The molecule has 3 N–H and O–H groups in total. The number of ether oxygens (including phenoxy) is 2. The van der Waals surface area contributed by atoms with Crippen LogP contribution in [0.3, 0.4) is 0 Å². The van der Waals surface area contributed by atoms with E-state index in [9.17, 15) is 8.42 Å². The molecule has 0 aliphatic carbocycles. The van der Waals surface area contributed by atoms with Crippen molar-refractivity contribution in [2.75, 3.05) is 33.1 Å². The maximum absolute atomic E-state index is 12.4. The van der Waals surface area contributed by atoms with Crippen molar-refractivity contribution < 1.29 is 17.9 Å². The number of methoxy groups -OCH3 is 2. The molecule has 2 rings (SSSR count). The summed E-state index contributed by atoms with van der Waals surface area (Å²) in [5, 5.41) is -0.0784. The van der Waals surface area contributed by atoms with E-state index in [1.165, 1.54) is 18.6 Å². The second kappa shape index (κ2) is 6.39. The number of hydrogen-bond donors (Lipinski definition) is 2. The summed E-state index contributed by atoms with van der Waals surface area (Å²) in [4.78, 5) is 4.03. The Hall–Kier alpha value is -1.68. The summed E-state index contributed by atoms with van der Waals surface area (Å²) in [6, 6.07) is 5.14. The summed E-state index contributed by atoms with van der Waals surface area (Å²) in [6.45, 7) is 0.355. The van der Waals surface area contributed by atoms with Crippen LogP contribution in [0.15, 0.2) is 29.4 Å². The third kappa shape index (κ3) is 3.32. The molecule has 0 aliphatic rings. The van der Waals surface area contributed by atoms with Crippen LogP contribution in [0.2, 0.25) is 0 Å². The molecule has 1 unspecified atom stereocenters. The highest BCUT2D eigenvalue weighted by molar-refractivity contribution is 7.89. The lowest BCUT2D eigenvalue weighted by Crippen LogP contribution is -2.36. The molecule has 2 heterocycles. The Morgan fingerprint density at radius 1 is 1.43 bits per heavy atom. The third-order valence-electron chi connectivity index (χ3n) is 2.95. The lowest BCUT2D eigenvalue weighted by atomic mass is 10.4. The minimum atomic E-state index is -3.81. The quantitative estimate of drug-likeness (QED) is 0.736. The summed E-state index contributed by atoms with van der Waals surface area (Å²) < 4.78 is 38.8. The summed E-state index contributed by atoms with van der Waals surface area (Å²) in [7, 11) is -0.804. The Morgan fingerprint density at radius 2 is 2.19 bits per heavy atom. The van der Waals surface area contributed by atoms with Gasteiger partial charge in [-0.3, -0.25) is 4.40 Å². The number of nitrogens with one attached hydrogen (secondary N) is 1. The van der Waals surface area contributed by atoms with Gasteiger partial charge in [-0.05, 0) is 12.1 Å². The van der Waals surface area contributed by atoms with Crippen LogP contribution in [0.1, 0.15) is 0 Å². The molecule has 0 spiro atoms. The lowest BCUT2D eigenvalue weighted by molar-refractivity contribution is 0.0320. The first-order chi connectivity index (χ1) is 9.99. The molecule has 0 aliphatic heterocycles. The van der Waals surface area contributed by atoms with Gasteiger partial charge in [0.25, 0.3) is 10.0 Å². The number of hydrogen-bond acceptors (Lipinski definition) is 6. The number of anilines is 1. The highest BCUT2D eigenvalue weighted by atomic mass is 32.2. The van der Waals surface area contributed by atoms with Gasteiger partial charge in [-0.2, -0.15) is 0 Å². The van der Waals surface area contributed by atoms with Crippen LogP contribution < -0.4 is 10.5 Å². The summed E-state index contributed by atoms with van der Waals surface area (Å²) >= 11 is 0. The predicted molar refractivity (Wildman–Crippen MR) is 77.5 cm³/mol. The second-order valence-corrected chi connectivity index (χ2v) is 6.08. The van der Waals surface area contributed by atoms with Crippen LogP contribution in [0.4, 0.5) is 5.82 Å². The van der Waals surface area contributed by atoms with Crippen molar-refractivity contribution in [3.05, 3.63) is 24.4 Å². The van der Waals surface area contributed by atoms with Gasteiger partial charge in [-0.15, -0.1) is 0 Å². The molecular formula is C12H18N4O4S. The topological polar surface area (TPSA) is 108 Å². The smallest absolute Gasteiger partial charge is 0.260 e. The average Bonchev–Trinajstić information content (AvgIpc) is 2.79. The minimum absolute atomic E-state index is 0.0468. The van der Waals surface area contributed by atoms with E-state index in [2.05, 4.69) is 9.71 Å². The molecule has 21 heavy (non-hydrogen) atoms. The maximum Gasteiger partial charge on any atom is 0.260 e. The van der Waals surface area contributed by atoms with E-state index in [-0.39, 0.29) is 30.1 Å². The Labute approximate surface area is 122 Å². The highest BCUT2D eigenvalue weighted by Gasteiger charge is 2.24. The van der Waals surface area contributed by atoms with Crippen LogP contribution in [-0.2, 0) is 19.5 Å². The van der Waals surface area contributed by atoms with Crippen molar-refractivity contribution in [1.82, 2.24) is 14.1 Å². The van der Waals surface area contributed by atoms with E-state index in [0.717, 1.165) is 0 Å². The number of nitrogens with two attached hydrogens (primary N) is 1. The Morgan fingerprint density at radius 3 is 2.86 bits per heavy atom. The molecule has 0 saturated carbocycles. The van der Waals surface area contributed by atoms with Gasteiger partial charge >= 0.3 is 0 Å². The first-order valence-corrected chi connectivity index (χ1v) is 7.72. The van der Waals surface area contributed by atoms with Gasteiger partial charge < -0.3 is 15.2 Å². The van der Waals surface area contributed by atoms with Crippen molar-refractivity contribution in [2.24, 2.45) is 0 Å². The van der Waals surface area contributed by atoms with Crippen molar-refractivity contribution in [3.63, 3.8) is 0 Å². The zero-order chi connectivity index (χ0) is 15.5. The molecular weight excluding hydrogens is 296 g/mol. The number of aromatic nitrogens is 2. The van der Waals surface area contributed by atoms with E-state index < -0.39 is 10.0 Å². The molecule has 0 fully saturated rings. The molecule has 2 aromatic heterocycles. The zero-order valence-corrected chi connectivity index (χ0v) is 12.6. The molecule has 0 aromatic carbocycles. The first-order valence-electron chi connectivity index (χ1n) is 6.23. The van der Waals surface area contributed by atoms with Gasteiger partial charge in [0, 0.05) is 27.0 Å². The number of pyridine rings is 1. The van der Waals surface area contributed by atoms with Gasteiger partial charge in [0.2, 0.25) is 0 Å². The van der Waals surface area contributed by atoms with E-state index in [4.69, 9.17) is 15.2 Å². The maximum atomic E-state index is 12.4. The number of imidazole rings is 1. The fraction of sp³-hybridized carbons (Fsp3) is 0.417. The Kier molecular flexibility index (Phi) is 4.78. The molecule has 9 heteroatoms. The summed E-state index contributed by atoms with van der Waals surface area (Å²) in [6.07, 6.45) is 1.21. The molecule has 0 saturated heterocycles. The lowest BCUT2D eigenvalue weighted by Gasteiger charge is -2.15. The van der Waals surface area contributed by atoms with Gasteiger partial charge in [0.15, 0.2) is 10.8 Å². The van der Waals surface area contributed by atoms with Crippen molar-refractivity contribution in [3.8, 4) is 0 Å². The highest BCUT2D eigenvalue weighted by Crippen LogP contribution is 2.19. The van der Waals surface area contributed by atoms with Crippen molar-refractivity contribution in [2.45, 2.75) is 11.1 Å². The fourth-order valence-corrected chi connectivity index (χ4v) is 3.20. The van der Waals surface area contributed by atoms with E-state index in [1.807, 2.05) is 0 Å². The van der Waals surface area contributed by atoms with E-state index >= 15 is 0 Å². The molecule has 116 valence electrons. The summed E-state index contributed by atoms with van der Waals surface area (Å²) in [5.74, 6) is -0.0468. The fourth-order valence-electron chi connectivity index (χ4n) is 1.93. The molecule has 0 amide bonds. The van der Waals surface area contributed by atoms with Crippen molar-refractivity contribution >= 4 is 21.5 Å². The third-order valence-corrected chi connectivity index (χ3v) is 4.41.